The van der Waals surface area contributed by atoms with Gasteiger partial charge in [-0.2, -0.15) is 0 Å². The molecule has 9 aromatic carbocycles. The van der Waals surface area contributed by atoms with E-state index in [0.29, 0.717) is 0 Å². The van der Waals surface area contributed by atoms with Crippen molar-refractivity contribution in [1.29, 1.82) is 0 Å². The van der Waals surface area contributed by atoms with Gasteiger partial charge in [0.25, 0.3) is 0 Å². The summed E-state index contributed by atoms with van der Waals surface area (Å²) in [7, 11) is 0. The second kappa shape index (κ2) is 9.15. The van der Waals surface area contributed by atoms with Crippen LogP contribution < -0.4 is 0 Å². The zero-order chi connectivity index (χ0) is 29.6. The Morgan fingerprint density at radius 2 is 0.841 bits per heavy atom. The van der Waals surface area contributed by atoms with Crippen molar-refractivity contribution in [1.82, 2.24) is 0 Å². The van der Waals surface area contributed by atoms with Crippen LogP contribution in [0.4, 0.5) is 0 Å². The first-order valence-corrected chi connectivity index (χ1v) is 15.6. The largest absolute Gasteiger partial charge is 0.0616 e. The van der Waals surface area contributed by atoms with E-state index in [2.05, 4.69) is 160 Å². The summed E-state index contributed by atoms with van der Waals surface area (Å²) in [5, 5.41) is 15.7. The van der Waals surface area contributed by atoms with Crippen molar-refractivity contribution >= 4 is 64.6 Å². The Kier molecular flexibility index (Phi) is 5.26. The summed E-state index contributed by atoms with van der Waals surface area (Å²) in [4.78, 5) is 0. The number of fused-ring (bicyclic) bond motifs is 4. The fraction of sp³-hybridized carbons (Fsp3) is 0.0909. The van der Waals surface area contributed by atoms with Crippen LogP contribution in [-0.4, -0.2) is 0 Å². The van der Waals surface area contributed by atoms with Gasteiger partial charge in [0.05, 0.1) is 0 Å². The zero-order valence-electron chi connectivity index (χ0n) is 25.3. The van der Waals surface area contributed by atoms with Gasteiger partial charge in [-0.15, -0.1) is 0 Å². The average Bonchev–Trinajstić information content (AvgIpc) is 3.05. The summed E-state index contributed by atoms with van der Waals surface area (Å²) in [5.41, 5.74) is 6.62. The van der Waals surface area contributed by atoms with Crippen LogP contribution in [0.25, 0.3) is 86.9 Å². The van der Waals surface area contributed by atoms with Gasteiger partial charge in [0.1, 0.15) is 0 Å². The van der Waals surface area contributed by atoms with Gasteiger partial charge >= 0.3 is 0 Å². The fourth-order valence-electron chi connectivity index (χ4n) is 7.54. The molecule has 0 heteroatoms. The standard InChI is InChI=1S/C44H32/c1-44(2,3)31-24-29-19-18-27-20-22-39(40-23-21-30(25-31)42(29)43(27)40)36-16-8-15-35-34(36)14-9-17-38(35)41-26-28-10-4-5-11-32(28)33-12-6-7-13-37(33)41/h4-26H,1-3H3. The molecule has 0 spiro atoms. The Morgan fingerprint density at radius 1 is 0.318 bits per heavy atom. The van der Waals surface area contributed by atoms with E-state index in [4.69, 9.17) is 0 Å². The predicted molar refractivity (Wildman–Crippen MR) is 192 cm³/mol. The van der Waals surface area contributed by atoms with Gasteiger partial charge in [-0.3, -0.25) is 0 Å². The van der Waals surface area contributed by atoms with Gasteiger partial charge < -0.3 is 0 Å². The van der Waals surface area contributed by atoms with Crippen LogP contribution in [0.2, 0.25) is 0 Å². The van der Waals surface area contributed by atoms with Crippen LogP contribution in [-0.2, 0) is 5.41 Å². The van der Waals surface area contributed by atoms with E-state index < -0.39 is 0 Å². The third-order valence-corrected chi connectivity index (χ3v) is 9.74. The van der Waals surface area contributed by atoms with Gasteiger partial charge in [-0.1, -0.05) is 154 Å². The summed E-state index contributed by atoms with van der Waals surface area (Å²) < 4.78 is 0. The first-order valence-electron chi connectivity index (χ1n) is 15.6. The Morgan fingerprint density at radius 3 is 1.57 bits per heavy atom. The highest BCUT2D eigenvalue weighted by Crippen LogP contribution is 2.44. The second-order valence-electron chi connectivity index (χ2n) is 13.3. The minimum Gasteiger partial charge on any atom is -0.0616 e. The van der Waals surface area contributed by atoms with Gasteiger partial charge in [0, 0.05) is 0 Å². The first kappa shape index (κ1) is 25.3. The molecule has 0 unspecified atom stereocenters. The molecule has 0 aromatic heterocycles. The number of benzene rings is 9. The van der Waals surface area contributed by atoms with Gasteiger partial charge in [0.2, 0.25) is 0 Å². The van der Waals surface area contributed by atoms with Crippen LogP contribution in [0.1, 0.15) is 26.3 Å². The molecule has 0 fully saturated rings. The molecule has 0 heterocycles. The van der Waals surface area contributed by atoms with Crippen molar-refractivity contribution in [2.75, 3.05) is 0 Å². The van der Waals surface area contributed by atoms with E-state index in [9.17, 15) is 0 Å². The fourth-order valence-corrected chi connectivity index (χ4v) is 7.54. The van der Waals surface area contributed by atoms with Crippen molar-refractivity contribution in [3.8, 4) is 22.3 Å². The highest BCUT2D eigenvalue weighted by Gasteiger charge is 2.19. The molecule has 0 amide bonds. The van der Waals surface area contributed by atoms with Crippen molar-refractivity contribution in [2.24, 2.45) is 0 Å². The molecule has 0 saturated carbocycles. The van der Waals surface area contributed by atoms with Crippen LogP contribution in [0.5, 0.6) is 0 Å². The maximum atomic E-state index is 2.39. The number of hydrogen-bond donors (Lipinski definition) is 0. The lowest BCUT2D eigenvalue weighted by atomic mass is 9.82. The second-order valence-corrected chi connectivity index (χ2v) is 13.3. The Hall–Kier alpha value is -5.20. The molecule has 44 heavy (non-hydrogen) atoms. The molecule has 208 valence electrons. The summed E-state index contributed by atoms with van der Waals surface area (Å²) in [5.74, 6) is 0. The lowest BCUT2D eigenvalue weighted by Gasteiger charge is -2.22. The molecule has 0 aliphatic rings. The maximum absolute atomic E-state index is 2.39. The molecule has 0 nitrogen and oxygen atoms in total. The Labute approximate surface area is 257 Å². The van der Waals surface area contributed by atoms with Gasteiger partial charge in [-0.05, 0) is 104 Å². The van der Waals surface area contributed by atoms with E-state index in [-0.39, 0.29) is 5.41 Å². The number of rotatable bonds is 2. The molecular formula is C44H32. The minimum atomic E-state index is 0.104. The lowest BCUT2D eigenvalue weighted by molar-refractivity contribution is 0.591. The quantitative estimate of drug-likeness (QED) is 0.184. The molecular weight excluding hydrogens is 528 g/mol. The third-order valence-electron chi connectivity index (χ3n) is 9.74. The monoisotopic (exact) mass is 560 g/mol. The van der Waals surface area contributed by atoms with E-state index >= 15 is 0 Å². The predicted octanol–water partition coefficient (Wildman–Crippen LogP) is 12.7. The molecule has 9 rings (SSSR count). The molecule has 9 aromatic rings. The van der Waals surface area contributed by atoms with Crippen molar-refractivity contribution in [3.63, 3.8) is 0 Å². The van der Waals surface area contributed by atoms with Gasteiger partial charge in [-0.25, -0.2) is 0 Å². The van der Waals surface area contributed by atoms with Crippen molar-refractivity contribution in [3.05, 3.63) is 145 Å². The van der Waals surface area contributed by atoms with E-state index in [1.807, 2.05) is 0 Å². The van der Waals surface area contributed by atoms with Gasteiger partial charge in [0.15, 0.2) is 0 Å². The Bertz CT molecular complexity index is 2560. The average molecular weight is 561 g/mol. The SMILES string of the molecule is CC(C)(C)c1cc2ccc3ccc(-c4cccc5c(-c6cc7ccccc7c7ccccc67)cccc45)c4ccc(c1)c2c34. The third kappa shape index (κ3) is 3.64. The lowest BCUT2D eigenvalue weighted by Crippen LogP contribution is -2.10. The minimum absolute atomic E-state index is 0.104. The Balaban J connectivity index is 1.32. The van der Waals surface area contributed by atoms with E-state index in [0.717, 1.165) is 0 Å². The highest BCUT2D eigenvalue weighted by molar-refractivity contribution is 6.26. The molecule has 0 radical (unpaired) electrons. The summed E-state index contributed by atoms with van der Waals surface area (Å²) in [6, 6.07) is 52.3. The van der Waals surface area contributed by atoms with Crippen molar-refractivity contribution in [2.45, 2.75) is 26.2 Å². The molecule has 0 aliphatic heterocycles. The number of hydrogen-bond acceptors (Lipinski definition) is 0. The molecule has 0 atom stereocenters. The first-order chi connectivity index (χ1) is 21.5. The van der Waals surface area contributed by atoms with E-state index in [1.54, 1.807) is 0 Å². The van der Waals surface area contributed by atoms with Crippen molar-refractivity contribution < 1.29 is 0 Å². The summed E-state index contributed by atoms with van der Waals surface area (Å²) >= 11 is 0. The summed E-state index contributed by atoms with van der Waals surface area (Å²) in [6.45, 7) is 6.90. The normalized spacial score (nSPS) is 12.4. The van der Waals surface area contributed by atoms with Crippen LogP contribution >= 0.6 is 0 Å². The molecule has 0 N–H and O–H groups in total. The smallest absolute Gasteiger partial charge is 0.00206 e. The molecule has 0 aliphatic carbocycles. The van der Waals surface area contributed by atoms with Crippen LogP contribution in [0, 0.1) is 0 Å². The van der Waals surface area contributed by atoms with E-state index in [1.165, 1.54) is 92.5 Å². The molecule has 0 bridgehead atoms. The highest BCUT2D eigenvalue weighted by atomic mass is 14.2. The zero-order valence-corrected chi connectivity index (χ0v) is 25.3. The van der Waals surface area contributed by atoms with Crippen LogP contribution in [0.3, 0.4) is 0 Å². The maximum Gasteiger partial charge on any atom is -0.00206 e. The molecule has 0 saturated heterocycles. The topological polar surface area (TPSA) is 0 Å². The summed E-state index contributed by atoms with van der Waals surface area (Å²) in [6.07, 6.45) is 0. The van der Waals surface area contributed by atoms with Crippen LogP contribution in [0.15, 0.2) is 140 Å².